The van der Waals surface area contributed by atoms with E-state index in [-0.39, 0.29) is 17.3 Å². The van der Waals surface area contributed by atoms with Crippen molar-refractivity contribution in [1.29, 1.82) is 0 Å². The first-order valence-corrected chi connectivity index (χ1v) is 13.9. The van der Waals surface area contributed by atoms with E-state index in [0.29, 0.717) is 33.4 Å². The van der Waals surface area contributed by atoms with Crippen LogP contribution in [0.1, 0.15) is 25.0 Å². The summed E-state index contributed by atoms with van der Waals surface area (Å²) in [6.07, 6.45) is 0. The van der Waals surface area contributed by atoms with E-state index in [4.69, 9.17) is 23.2 Å². The number of benzene rings is 3. The summed E-state index contributed by atoms with van der Waals surface area (Å²) in [7, 11) is -4.11. The van der Waals surface area contributed by atoms with Crippen molar-refractivity contribution in [2.45, 2.75) is 38.3 Å². The van der Waals surface area contributed by atoms with Gasteiger partial charge in [0.1, 0.15) is 12.6 Å². The van der Waals surface area contributed by atoms with Gasteiger partial charge in [0.05, 0.1) is 10.6 Å². The molecule has 0 aliphatic rings. The highest BCUT2D eigenvalue weighted by molar-refractivity contribution is 7.92. The number of rotatable bonds is 10. The van der Waals surface area contributed by atoms with Crippen LogP contribution in [0.15, 0.2) is 77.7 Å². The van der Waals surface area contributed by atoms with Gasteiger partial charge in [-0.05, 0) is 62.2 Å². The Bertz CT molecular complexity index is 1370. The van der Waals surface area contributed by atoms with Gasteiger partial charge in [-0.1, -0.05) is 65.7 Å². The number of nitrogens with zero attached hydrogens (tertiary/aromatic N) is 2. The van der Waals surface area contributed by atoms with Crippen LogP contribution in [0.25, 0.3) is 0 Å². The van der Waals surface area contributed by atoms with Crippen LogP contribution in [-0.4, -0.2) is 44.3 Å². The quantitative estimate of drug-likeness (QED) is 0.375. The molecule has 0 aromatic heterocycles. The first kappa shape index (κ1) is 28.5. The minimum Gasteiger partial charge on any atom is -0.355 e. The van der Waals surface area contributed by atoms with Gasteiger partial charge in [-0.15, -0.1) is 0 Å². The molecule has 196 valence electrons. The Morgan fingerprint density at radius 1 is 0.973 bits per heavy atom. The molecule has 0 saturated carbocycles. The van der Waals surface area contributed by atoms with Crippen LogP contribution in [0.3, 0.4) is 0 Å². The largest absolute Gasteiger partial charge is 0.355 e. The summed E-state index contributed by atoms with van der Waals surface area (Å²) < 4.78 is 28.6. The van der Waals surface area contributed by atoms with Crippen LogP contribution < -0.4 is 9.62 Å². The number of likely N-dealkylation sites (N-methyl/N-ethyl adjacent to an activating group) is 1. The van der Waals surface area contributed by atoms with Crippen molar-refractivity contribution >= 4 is 50.7 Å². The fourth-order valence-electron chi connectivity index (χ4n) is 3.81. The van der Waals surface area contributed by atoms with Crippen molar-refractivity contribution in [2.24, 2.45) is 0 Å². The number of hydrogen-bond acceptors (Lipinski definition) is 4. The molecule has 0 spiro atoms. The van der Waals surface area contributed by atoms with E-state index in [1.54, 1.807) is 81.4 Å². The average Bonchev–Trinajstić information content (AvgIpc) is 2.87. The van der Waals surface area contributed by atoms with Gasteiger partial charge in [0.15, 0.2) is 0 Å². The second-order valence-corrected chi connectivity index (χ2v) is 11.1. The smallest absolute Gasteiger partial charge is 0.264 e. The summed E-state index contributed by atoms with van der Waals surface area (Å²) in [5.74, 6) is -0.929. The standard InChI is InChI=1S/C27H29Cl2N3O4S/c1-4-30-27(34)20(3)31(17-21-14-15-22(28)16-24(21)29)26(33)18-32(25-13-9-8-10-19(25)2)37(35,36)23-11-6-5-7-12-23/h5-16,20H,4,17-18H2,1-3H3,(H,30,34)/t20-/m1/s1. The summed E-state index contributed by atoms with van der Waals surface area (Å²) >= 11 is 12.4. The lowest BCUT2D eigenvalue weighted by Crippen LogP contribution is -2.51. The molecule has 7 nitrogen and oxygen atoms in total. The molecule has 2 amide bonds. The predicted octanol–water partition coefficient (Wildman–Crippen LogP) is 5.05. The van der Waals surface area contributed by atoms with E-state index in [1.165, 1.54) is 17.0 Å². The highest BCUT2D eigenvalue weighted by Crippen LogP contribution is 2.28. The van der Waals surface area contributed by atoms with Gasteiger partial charge < -0.3 is 10.2 Å². The van der Waals surface area contributed by atoms with E-state index in [2.05, 4.69) is 5.32 Å². The molecule has 10 heteroatoms. The van der Waals surface area contributed by atoms with Crippen LogP contribution in [-0.2, 0) is 26.2 Å². The molecule has 0 radical (unpaired) electrons. The fraction of sp³-hybridized carbons (Fsp3) is 0.259. The van der Waals surface area contributed by atoms with Gasteiger partial charge in [-0.3, -0.25) is 13.9 Å². The number of carbonyl (C=O) groups is 2. The number of amides is 2. The number of aryl methyl sites for hydroxylation is 1. The molecule has 3 aromatic rings. The average molecular weight is 563 g/mol. The van der Waals surface area contributed by atoms with Crippen molar-refractivity contribution in [2.75, 3.05) is 17.4 Å². The molecule has 1 N–H and O–H groups in total. The molecule has 0 aliphatic carbocycles. The molecule has 3 aromatic carbocycles. The summed E-state index contributed by atoms with van der Waals surface area (Å²) in [5, 5.41) is 3.49. The lowest BCUT2D eigenvalue weighted by Gasteiger charge is -2.32. The maximum Gasteiger partial charge on any atom is 0.264 e. The van der Waals surface area contributed by atoms with Crippen molar-refractivity contribution in [3.63, 3.8) is 0 Å². The monoisotopic (exact) mass is 561 g/mol. The van der Waals surface area contributed by atoms with Gasteiger partial charge in [0.25, 0.3) is 10.0 Å². The number of hydrogen-bond donors (Lipinski definition) is 1. The summed E-state index contributed by atoms with van der Waals surface area (Å²) in [4.78, 5) is 28.0. The van der Waals surface area contributed by atoms with Crippen molar-refractivity contribution < 1.29 is 18.0 Å². The molecule has 0 unspecified atom stereocenters. The Balaban J connectivity index is 2.05. The Morgan fingerprint density at radius 3 is 2.24 bits per heavy atom. The Labute approximate surface area is 228 Å². The zero-order valence-corrected chi connectivity index (χ0v) is 23.1. The van der Waals surface area contributed by atoms with Gasteiger partial charge >= 0.3 is 0 Å². The molecule has 3 rings (SSSR count). The number of sulfonamides is 1. The van der Waals surface area contributed by atoms with Crippen LogP contribution in [0.2, 0.25) is 10.0 Å². The van der Waals surface area contributed by atoms with E-state index < -0.39 is 28.5 Å². The first-order chi connectivity index (χ1) is 17.6. The summed E-state index contributed by atoms with van der Waals surface area (Å²) in [6.45, 7) is 4.99. The summed E-state index contributed by atoms with van der Waals surface area (Å²) in [5.41, 5.74) is 1.62. The SMILES string of the molecule is CCNC(=O)[C@@H](C)N(Cc1ccc(Cl)cc1Cl)C(=O)CN(c1ccccc1C)S(=O)(=O)c1ccccc1. The Hall–Kier alpha value is -3.07. The van der Waals surface area contributed by atoms with Crippen molar-refractivity contribution in [3.05, 3.63) is 94.0 Å². The first-order valence-electron chi connectivity index (χ1n) is 11.7. The lowest BCUT2D eigenvalue weighted by molar-refractivity contribution is -0.139. The fourth-order valence-corrected chi connectivity index (χ4v) is 5.78. The molecule has 37 heavy (non-hydrogen) atoms. The lowest BCUT2D eigenvalue weighted by atomic mass is 10.1. The number of halogens is 2. The minimum absolute atomic E-state index is 0.0138. The Morgan fingerprint density at radius 2 is 1.62 bits per heavy atom. The molecular weight excluding hydrogens is 533 g/mol. The third kappa shape index (κ3) is 6.83. The maximum atomic E-state index is 13.8. The third-order valence-electron chi connectivity index (χ3n) is 5.87. The second-order valence-electron chi connectivity index (χ2n) is 8.44. The topological polar surface area (TPSA) is 86.8 Å². The van der Waals surface area contributed by atoms with Crippen LogP contribution in [0, 0.1) is 6.92 Å². The molecule has 0 saturated heterocycles. The summed E-state index contributed by atoms with van der Waals surface area (Å²) in [6, 6.07) is 18.8. The Kier molecular flexibility index (Phi) is 9.59. The van der Waals surface area contributed by atoms with Crippen LogP contribution in [0.5, 0.6) is 0 Å². The van der Waals surface area contributed by atoms with E-state index >= 15 is 0 Å². The predicted molar refractivity (Wildman–Crippen MR) is 147 cm³/mol. The van der Waals surface area contributed by atoms with Gasteiger partial charge in [0, 0.05) is 23.1 Å². The van der Waals surface area contributed by atoms with Gasteiger partial charge in [0.2, 0.25) is 11.8 Å². The second kappa shape index (κ2) is 12.4. The van der Waals surface area contributed by atoms with E-state index in [1.807, 2.05) is 0 Å². The molecule has 0 aliphatic heterocycles. The molecule has 0 fully saturated rings. The number of anilines is 1. The molecular formula is C27H29Cl2N3O4S. The molecule has 1 atom stereocenters. The minimum atomic E-state index is -4.11. The molecule has 0 heterocycles. The molecule has 0 bridgehead atoms. The highest BCUT2D eigenvalue weighted by Gasteiger charge is 2.33. The van der Waals surface area contributed by atoms with Crippen molar-refractivity contribution in [1.82, 2.24) is 10.2 Å². The highest BCUT2D eigenvalue weighted by atomic mass is 35.5. The zero-order valence-electron chi connectivity index (χ0n) is 20.8. The van der Waals surface area contributed by atoms with Crippen LogP contribution >= 0.6 is 23.2 Å². The number of para-hydroxylation sites is 1. The number of nitrogens with one attached hydrogen (secondary N) is 1. The maximum absolute atomic E-state index is 13.8. The third-order valence-corrected chi connectivity index (χ3v) is 8.23. The van der Waals surface area contributed by atoms with E-state index in [0.717, 1.165) is 4.31 Å². The van der Waals surface area contributed by atoms with Gasteiger partial charge in [-0.2, -0.15) is 0 Å². The van der Waals surface area contributed by atoms with Gasteiger partial charge in [-0.25, -0.2) is 8.42 Å². The van der Waals surface area contributed by atoms with Crippen LogP contribution in [0.4, 0.5) is 5.69 Å². The van der Waals surface area contributed by atoms with Crippen molar-refractivity contribution in [3.8, 4) is 0 Å². The normalized spacial score (nSPS) is 12.0. The zero-order chi connectivity index (χ0) is 27.2. The van der Waals surface area contributed by atoms with E-state index in [9.17, 15) is 18.0 Å². The number of carbonyl (C=O) groups excluding carboxylic acids is 2.